The minimum atomic E-state index is -0.555. The summed E-state index contributed by atoms with van der Waals surface area (Å²) in [7, 11) is 0. The Morgan fingerprint density at radius 1 is 1.42 bits per heavy atom. The van der Waals surface area contributed by atoms with Gasteiger partial charge < -0.3 is 15.5 Å². The molecule has 104 valence electrons. The predicted octanol–water partition coefficient (Wildman–Crippen LogP) is 0.651. The number of ether oxygens (including phenoxy) is 1. The monoisotopic (exact) mass is 268 g/mol. The van der Waals surface area contributed by atoms with E-state index in [1.54, 1.807) is 0 Å². The Kier molecular flexibility index (Phi) is 3.76. The molecule has 1 fully saturated rings. The van der Waals surface area contributed by atoms with Crippen LogP contribution >= 0.6 is 0 Å². The van der Waals surface area contributed by atoms with Crippen molar-refractivity contribution in [1.82, 2.24) is 9.97 Å². The highest BCUT2D eigenvalue weighted by atomic mass is 16.6. The number of rotatable bonds is 4. The lowest BCUT2D eigenvalue weighted by atomic mass is 9.92. The maximum Gasteiger partial charge on any atom is 0.354 e. The summed E-state index contributed by atoms with van der Waals surface area (Å²) in [6.45, 7) is 3.21. The Morgan fingerprint density at radius 3 is 2.63 bits per heavy atom. The molecule has 0 aliphatic carbocycles. The van der Waals surface area contributed by atoms with E-state index < -0.39 is 4.92 Å². The van der Waals surface area contributed by atoms with Gasteiger partial charge in [-0.25, -0.2) is 15.8 Å². The van der Waals surface area contributed by atoms with Gasteiger partial charge in [-0.1, -0.05) is 0 Å². The van der Waals surface area contributed by atoms with Crippen LogP contribution in [0.15, 0.2) is 6.33 Å². The van der Waals surface area contributed by atoms with E-state index >= 15 is 0 Å². The van der Waals surface area contributed by atoms with Gasteiger partial charge in [0.25, 0.3) is 0 Å². The summed E-state index contributed by atoms with van der Waals surface area (Å²) >= 11 is 0. The smallest absolute Gasteiger partial charge is 0.354 e. The molecule has 19 heavy (non-hydrogen) atoms. The molecule has 2 heterocycles. The maximum atomic E-state index is 11.1. The van der Waals surface area contributed by atoms with E-state index in [-0.39, 0.29) is 22.9 Å². The Labute approximate surface area is 109 Å². The third-order valence-electron chi connectivity index (χ3n) is 3.16. The molecular weight excluding hydrogens is 252 g/mol. The number of nitrogens with two attached hydrogens (primary N) is 1. The van der Waals surface area contributed by atoms with E-state index in [0.717, 1.165) is 12.8 Å². The lowest BCUT2D eigenvalue weighted by Gasteiger charge is -2.34. The molecule has 1 aliphatic rings. The minimum Gasteiger partial charge on any atom is -0.381 e. The first-order valence-electron chi connectivity index (χ1n) is 5.88. The predicted molar refractivity (Wildman–Crippen MR) is 68.6 cm³/mol. The van der Waals surface area contributed by atoms with Crippen LogP contribution in [0.1, 0.15) is 19.8 Å². The van der Waals surface area contributed by atoms with Gasteiger partial charge in [0.15, 0.2) is 0 Å². The number of anilines is 2. The Balaban J connectivity index is 2.31. The molecule has 0 amide bonds. The number of hydrazine groups is 1. The van der Waals surface area contributed by atoms with Crippen molar-refractivity contribution >= 4 is 17.3 Å². The Bertz CT molecular complexity index is 474. The topological polar surface area (TPSA) is 128 Å². The highest BCUT2D eigenvalue weighted by Crippen LogP contribution is 2.32. The Morgan fingerprint density at radius 2 is 2.05 bits per heavy atom. The zero-order chi connectivity index (χ0) is 13.9. The second-order valence-electron chi connectivity index (χ2n) is 4.62. The van der Waals surface area contributed by atoms with Crippen LogP contribution in [0.25, 0.3) is 0 Å². The fourth-order valence-corrected chi connectivity index (χ4v) is 1.98. The average molecular weight is 268 g/mol. The SMILES string of the molecule is CC1(Nc2ncnc(NN)c2[N+](=O)[O-])CCOCC1. The zero-order valence-corrected chi connectivity index (χ0v) is 10.5. The molecule has 0 bridgehead atoms. The molecule has 2 rings (SSSR count). The fourth-order valence-electron chi connectivity index (χ4n) is 1.98. The number of aromatic nitrogens is 2. The van der Waals surface area contributed by atoms with Gasteiger partial charge >= 0.3 is 5.69 Å². The molecule has 0 unspecified atom stereocenters. The van der Waals surface area contributed by atoms with E-state index in [0.29, 0.717) is 13.2 Å². The van der Waals surface area contributed by atoms with Gasteiger partial charge in [-0.2, -0.15) is 0 Å². The second-order valence-corrected chi connectivity index (χ2v) is 4.62. The summed E-state index contributed by atoms with van der Waals surface area (Å²) in [5, 5.41) is 14.2. The molecule has 1 aliphatic heterocycles. The quantitative estimate of drug-likeness (QED) is 0.412. The van der Waals surface area contributed by atoms with E-state index in [1.165, 1.54) is 6.33 Å². The number of nitro groups is 1. The van der Waals surface area contributed by atoms with E-state index in [4.69, 9.17) is 10.6 Å². The van der Waals surface area contributed by atoms with Gasteiger partial charge in [0.2, 0.25) is 11.6 Å². The van der Waals surface area contributed by atoms with Crippen LogP contribution in [0, 0.1) is 10.1 Å². The van der Waals surface area contributed by atoms with Gasteiger partial charge in [-0.15, -0.1) is 0 Å². The summed E-state index contributed by atoms with van der Waals surface area (Å²) in [6.07, 6.45) is 2.73. The largest absolute Gasteiger partial charge is 0.381 e. The van der Waals surface area contributed by atoms with Crippen LogP contribution < -0.4 is 16.6 Å². The molecule has 1 aromatic heterocycles. The van der Waals surface area contributed by atoms with Crippen molar-refractivity contribution in [1.29, 1.82) is 0 Å². The van der Waals surface area contributed by atoms with Crippen LogP contribution in [-0.4, -0.2) is 33.6 Å². The first kappa shape index (κ1) is 13.4. The molecule has 0 saturated carbocycles. The molecule has 0 spiro atoms. The normalized spacial score (nSPS) is 17.8. The number of hydrogen-bond donors (Lipinski definition) is 3. The summed E-state index contributed by atoms with van der Waals surface area (Å²) in [6, 6.07) is 0. The van der Waals surface area contributed by atoms with Crippen molar-refractivity contribution in [3.63, 3.8) is 0 Å². The summed E-state index contributed by atoms with van der Waals surface area (Å²) < 4.78 is 5.29. The van der Waals surface area contributed by atoms with Crippen LogP contribution in [0.2, 0.25) is 0 Å². The van der Waals surface area contributed by atoms with Gasteiger partial charge in [0.1, 0.15) is 6.33 Å². The lowest BCUT2D eigenvalue weighted by Crippen LogP contribution is -2.41. The van der Waals surface area contributed by atoms with Crippen LogP contribution in [0.4, 0.5) is 17.3 Å². The van der Waals surface area contributed by atoms with Crippen molar-refractivity contribution in [2.75, 3.05) is 24.0 Å². The third-order valence-corrected chi connectivity index (χ3v) is 3.16. The molecule has 9 nitrogen and oxygen atoms in total. The van der Waals surface area contributed by atoms with Crippen LogP contribution in [0.5, 0.6) is 0 Å². The zero-order valence-electron chi connectivity index (χ0n) is 10.5. The number of nitrogens with zero attached hydrogens (tertiary/aromatic N) is 3. The van der Waals surface area contributed by atoms with Crippen molar-refractivity contribution in [2.24, 2.45) is 5.84 Å². The van der Waals surface area contributed by atoms with Crippen molar-refractivity contribution in [3.8, 4) is 0 Å². The highest BCUT2D eigenvalue weighted by molar-refractivity contribution is 5.69. The first-order valence-corrected chi connectivity index (χ1v) is 5.88. The molecule has 0 radical (unpaired) electrons. The minimum absolute atomic E-state index is 0.0156. The van der Waals surface area contributed by atoms with Gasteiger partial charge in [-0.05, 0) is 19.8 Å². The van der Waals surface area contributed by atoms with Crippen molar-refractivity contribution in [2.45, 2.75) is 25.3 Å². The van der Waals surface area contributed by atoms with E-state index in [2.05, 4.69) is 20.7 Å². The van der Waals surface area contributed by atoms with Crippen molar-refractivity contribution in [3.05, 3.63) is 16.4 Å². The second kappa shape index (κ2) is 5.33. The molecule has 0 atom stereocenters. The van der Waals surface area contributed by atoms with Crippen LogP contribution in [-0.2, 0) is 4.74 Å². The molecule has 9 heteroatoms. The van der Waals surface area contributed by atoms with Gasteiger partial charge in [0.05, 0.1) is 4.92 Å². The van der Waals surface area contributed by atoms with Crippen molar-refractivity contribution < 1.29 is 9.66 Å². The molecule has 1 saturated heterocycles. The number of nitrogen functional groups attached to an aromatic ring is 1. The van der Waals surface area contributed by atoms with Gasteiger partial charge in [0, 0.05) is 18.8 Å². The van der Waals surface area contributed by atoms with E-state index in [1.807, 2.05) is 6.92 Å². The van der Waals surface area contributed by atoms with Crippen LogP contribution in [0.3, 0.4) is 0 Å². The maximum absolute atomic E-state index is 11.1. The molecule has 4 N–H and O–H groups in total. The summed E-state index contributed by atoms with van der Waals surface area (Å²) in [4.78, 5) is 18.2. The Hall–Kier alpha value is -2.00. The summed E-state index contributed by atoms with van der Waals surface area (Å²) in [5.41, 5.74) is 1.67. The number of hydrogen-bond acceptors (Lipinski definition) is 8. The van der Waals surface area contributed by atoms with Gasteiger partial charge in [-0.3, -0.25) is 10.1 Å². The third kappa shape index (κ3) is 2.88. The fraction of sp³-hybridized carbons (Fsp3) is 0.600. The molecular formula is C10H16N6O3. The average Bonchev–Trinajstić information content (AvgIpc) is 2.38. The lowest BCUT2D eigenvalue weighted by molar-refractivity contribution is -0.383. The first-order chi connectivity index (χ1) is 9.06. The molecule has 1 aromatic rings. The summed E-state index contributed by atoms with van der Waals surface area (Å²) in [5.74, 6) is 5.38. The standard InChI is InChI=1S/C10H16N6O3/c1-10(2-4-19-5-3-10)14-8-7(16(17)18)9(15-11)13-6-12-8/h6H,2-5,11H2,1H3,(H2,12,13,14,15). The van der Waals surface area contributed by atoms with E-state index in [9.17, 15) is 10.1 Å². The number of nitrogens with one attached hydrogen (secondary N) is 2. The highest BCUT2D eigenvalue weighted by Gasteiger charge is 2.32. The molecule has 0 aromatic carbocycles.